The molecule has 1 unspecified atom stereocenters. The van der Waals surface area contributed by atoms with Crippen molar-refractivity contribution in [2.75, 3.05) is 13.1 Å². The van der Waals surface area contributed by atoms with Crippen LogP contribution in [-0.2, 0) is 9.59 Å². The van der Waals surface area contributed by atoms with Crippen molar-refractivity contribution in [2.24, 2.45) is 17.3 Å². The van der Waals surface area contributed by atoms with Crippen LogP contribution in [0.3, 0.4) is 0 Å². The molecule has 0 heterocycles. The molecule has 1 N–H and O–H groups in total. The first-order valence-electron chi connectivity index (χ1n) is 6.76. The Morgan fingerprint density at radius 1 is 1.47 bits per heavy atom. The third-order valence-electron chi connectivity index (χ3n) is 4.09. The standard InChI is InChI=1S/C15H23NO3/c1-5-8-16(10-12-6-7-12)13(17)9-15(4,11(2)3)14(18)19/h1,11-12H,6-10H2,2-4H3,(H,18,19). The molecule has 19 heavy (non-hydrogen) atoms. The molecule has 0 aromatic carbocycles. The third-order valence-corrected chi connectivity index (χ3v) is 4.09. The molecular weight excluding hydrogens is 242 g/mol. The highest BCUT2D eigenvalue weighted by molar-refractivity contribution is 5.85. The summed E-state index contributed by atoms with van der Waals surface area (Å²) in [6.07, 6.45) is 7.56. The van der Waals surface area contributed by atoms with E-state index in [1.807, 2.05) is 13.8 Å². The van der Waals surface area contributed by atoms with Gasteiger partial charge in [-0.25, -0.2) is 0 Å². The second-order valence-corrected chi connectivity index (χ2v) is 5.98. The average Bonchev–Trinajstić information content (AvgIpc) is 3.11. The number of carbonyl (C=O) groups excluding carboxylic acids is 1. The van der Waals surface area contributed by atoms with Gasteiger partial charge in [-0.3, -0.25) is 9.59 Å². The van der Waals surface area contributed by atoms with E-state index >= 15 is 0 Å². The van der Waals surface area contributed by atoms with Gasteiger partial charge >= 0.3 is 5.97 Å². The number of amides is 1. The van der Waals surface area contributed by atoms with Crippen LogP contribution in [0.1, 0.15) is 40.0 Å². The average molecular weight is 265 g/mol. The molecule has 1 rings (SSSR count). The molecule has 106 valence electrons. The summed E-state index contributed by atoms with van der Waals surface area (Å²) < 4.78 is 0. The predicted octanol–water partition coefficient (Wildman–Crippen LogP) is 2.00. The van der Waals surface area contributed by atoms with Gasteiger partial charge in [0.05, 0.1) is 12.0 Å². The van der Waals surface area contributed by atoms with E-state index in [4.69, 9.17) is 6.42 Å². The minimum atomic E-state index is -1.03. The number of nitrogens with zero attached hydrogens (tertiary/aromatic N) is 1. The van der Waals surface area contributed by atoms with Gasteiger partial charge in [0, 0.05) is 13.0 Å². The summed E-state index contributed by atoms with van der Waals surface area (Å²) in [5.41, 5.74) is -1.03. The number of carboxylic acids is 1. The number of carboxylic acid groups (broad SMARTS) is 1. The van der Waals surface area contributed by atoms with Crippen LogP contribution >= 0.6 is 0 Å². The van der Waals surface area contributed by atoms with Gasteiger partial charge in [0.1, 0.15) is 0 Å². The van der Waals surface area contributed by atoms with E-state index in [1.165, 1.54) is 0 Å². The van der Waals surface area contributed by atoms with Crippen LogP contribution in [-0.4, -0.2) is 35.0 Å². The fourth-order valence-corrected chi connectivity index (χ4v) is 1.93. The van der Waals surface area contributed by atoms with Gasteiger partial charge in [-0.2, -0.15) is 0 Å². The van der Waals surface area contributed by atoms with Crippen LogP contribution in [0.5, 0.6) is 0 Å². The van der Waals surface area contributed by atoms with Crippen molar-refractivity contribution in [1.82, 2.24) is 4.90 Å². The minimum Gasteiger partial charge on any atom is -0.481 e. The molecule has 1 atom stereocenters. The molecule has 0 aromatic rings. The van der Waals surface area contributed by atoms with E-state index in [0.29, 0.717) is 12.5 Å². The molecule has 4 nitrogen and oxygen atoms in total. The smallest absolute Gasteiger partial charge is 0.310 e. The largest absolute Gasteiger partial charge is 0.481 e. The SMILES string of the molecule is C#CCN(CC1CC1)C(=O)CC(C)(C(=O)O)C(C)C. The van der Waals surface area contributed by atoms with E-state index in [1.54, 1.807) is 11.8 Å². The molecule has 0 aromatic heterocycles. The first kappa shape index (κ1) is 15.6. The highest BCUT2D eigenvalue weighted by Crippen LogP contribution is 2.34. The van der Waals surface area contributed by atoms with Gasteiger partial charge in [0.2, 0.25) is 5.91 Å². The van der Waals surface area contributed by atoms with E-state index in [9.17, 15) is 14.7 Å². The fraction of sp³-hybridized carbons (Fsp3) is 0.733. The lowest BCUT2D eigenvalue weighted by molar-refractivity contribution is -0.155. The molecular formula is C15H23NO3. The maximum Gasteiger partial charge on any atom is 0.310 e. The van der Waals surface area contributed by atoms with Crippen LogP contribution in [0.4, 0.5) is 0 Å². The Morgan fingerprint density at radius 2 is 2.05 bits per heavy atom. The van der Waals surface area contributed by atoms with Crippen molar-refractivity contribution in [2.45, 2.75) is 40.0 Å². The van der Waals surface area contributed by atoms with E-state index in [0.717, 1.165) is 12.8 Å². The number of rotatable bonds is 7. The Labute approximate surface area is 115 Å². The topological polar surface area (TPSA) is 57.6 Å². The zero-order chi connectivity index (χ0) is 14.6. The second-order valence-electron chi connectivity index (χ2n) is 5.98. The molecule has 1 amide bonds. The lowest BCUT2D eigenvalue weighted by Crippen LogP contribution is -2.41. The zero-order valence-corrected chi connectivity index (χ0v) is 12.0. The maximum absolute atomic E-state index is 12.3. The highest BCUT2D eigenvalue weighted by Gasteiger charge is 2.40. The Balaban J connectivity index is 2.73. The van der Waals surface area contributed by atoms with Gasteiger partial charge in [0.15, 0.2) is 0 Å². The molecule has 1 aliphatic carbocycles. The zero-order valence-electron chi connectivity index (χ0n) is 12.0. The first-order valence-corrected chi connectivity index (χ1v) is 6.76. The van der Waals surface area contributed by atoms with Crippen LogP contribution in [0.15, 0.2) is 0 Å². The molecule has 1 fully saturated rings. The molecule has 1 saturated carbocycles. The maximum atomic E-state index is 12.3. The van der Waals surface area contributed by atoms with Gasteiger partial charge in [-0.15, -0.1) is 6.42 Å². The second kappa shape index (κ2) is 6.10. The number of hydrogen-bond donors (Lipinski definition) is 1. The van der Waals surface area contributed by atoms with Crippen molar-refractivity contribution in [1.29, 1.82) is 0 Å². The minimum absolute atomic E-state index is 0.00833. The van der Waals surface area contributed by atoms with Gasteiger partial charge in [-0.1, -0.05) is 19.8 Å². The lowest BCUT2D eigenvalue weighted by Gasteiger charge is -2.31. The highest BCUT2D eigenvalue weighted by atomic mass is 16.4. The number of hydrogen-bond acceptors (Lipinski definition) is 2. The van der Waals surface area contributed by atoms with E-state index in [-0.39, 0.29) is 24.8 Å². The lowest BCUT2D eigenvalue weighted by atomic mass is 9.76. The van der Waals surface area contributed by atoms with Crippen LogP contribution < -0.4 is 0 Å². The molecule has 0 spiro atoms. The summed E-state index contributed by atoms with van der Waals surface area (Å²) in [6, 6.07) is 0. The summed E-state index contributed by atoms with van der Waals surface area (Å²) in [5.74, 6) is 1.85. The van der Waals surface area contributed by atoms with Gasteiger partial charge < -0.3 is 10.0 Å². The first-order chi connectivity index (χ1) is 8.81. The van der Waals surface area contributed by atoms with Gasteiger partial charge in [0.25, 0.3) is 0 Å². The molecule has 0 aliphatic heterocycles. The van der Waals surface area contributed by atoms with Crippen molar-refractivity contribution in [3.8, 4) is 12.3 Å². The Morgan fingerprint density at radius 3 is 2.42 bits per heavy atom. The van der Waals surface area contributed by atoms with Crippen molar-refractivity contribution < 1.29 is 14.7 Å². The molecule has 0 radical (unpaired) electrons. The van der Waals surface area contributed by atoms with E-state index < -0.39 is 11.4 Å². The third kappa shape index (κ3) is 3.99. The quantitative estimate of drug-likeness (QED) is 0.716. The fourth-order valence-electron chi connectivity index (χ4n) is 1.93. The summed E-state index contributed by atoms with van der Waals surface area (Å²) >= 11 is 0. The molecule has 0 saturated heterocycles. The van der Waals surface area contributed by atoms with Crippen LogP contribution in [0.2, 0.25) is 0 Å². The molecule has 0 bridgehead atoms. The Hall–Kier alpha value is -1.50. The van der Waals surface area contributed by atoms with Gasteiger partial charge in [-0.05, 0) is 31.6 Å². The number of aliphatic carboxylic acids is 1. The summed E-state index contributed by atoms with van der Waals surface area (Å²) in [7, 11) is 0. The summed E-state index contributed by atoms with van der Waals surface area (Å²) in [4.78, 5) is 25.3. The summed E-state index contributed by atoms with van der Waals surface area (Å²) in [5, 5.41) is 9.35. The van der Waals surface area contributed by atoms with Crippen molar-refractivity contribution >= 4 is 11.9 Å². The summed E-state index contributed by atoms with van der Waals surface area (Å²) in [6.45, 7) is 6.21. The van der Waals surface area contributed by atoms with Crippen LogP contribution in [0.25, 0.3) is 0 Å². The number of terminal acetylenes is 1. The molecule has 1 aliphatic rings. The Bertz CT molecular complexity index is 393. The van der Waals surface area contributed by atoms with E-state index in [2.05, 4.69) is 5.92 Å². The van der Waals surface area contributed by atoms with Crippen LogP contribution in [0, 0.1) is 29.6 Å². The predicted molar refractivity (Wildman–Crippen MR) is 73.3 cm³/mol. The molecule has 4 heteroatoms. The monoisotopic (exact) mass is 265 g/mol. The van der Waals surface area contributed by atoms with Crippen molar-refractivity contribution in [3.05, 3.63) is 0 Å². The normalized spacial score (nSPS) is 17.6. The Kier molecular flexibility index (Phi) is 4.99. The van der Waals surface area contributed by atoms with Crippen molar-refractivity contribution in [3.63, 3.8) is 0 Å². The number of carbonyl (C=O) groups is 2.